The molecule has 114 valence electrons. The van der Waals surface area contributed by atoms with Crippen LogP contribution in [0.5, 0.6) is 0 Å². The van der Waals surface area contributed by atoms with Gasteiger partial charge >= 0.3 is 12.0 Å². The van der Waals surface area contributed by atoms with Crippen molar-refractivity contribution in [2.75, 3.05) is 20.3 Å². The van der Waals surface area contributed by atoms with Gasteiger partial charge in [-0.05, 0) is 18.1 Å². The first-order valence-electron chi connectivity index (χ1n) is 6.85. The van der Waals surface area contributed by atoms with Crippen LogP contribution in [0.4, 0.5) is 4.79 Å². The molecule has 1 aliphatic rings. The molecule has 0 spiro atoms. The Labute approximate surface area is 123 Å². The average Bonchev–Trinajstić information content (AvgIpc) is 2.89. The highest BCUT2D eigenvalue weighted by molar-refractivity contribution is 5.77. The number of urea groups is 1. The number of ether oxygens (including phenoxy) is 1. The van der Waals surface area contributed by atoms with Crippen molar-refractivity contribution in [3.63, 3.8) is 0 Å². The molecule has 6 nitrogen and oxygen atoms in total. The van der Waals surface area contributed by atoms with Crippen molar-refractivity contribution in [1.29, 1.82) is 0 Å². The lowest BCUT2D eigenvalue weighted by molar-refractivity contribution is -0.142. The SMILES string of the molecule is Cc1ccccc1CN(C)C(=O)NC1COCC1C(=O)O. The predicted octanol–water partition coefficient (Wildman–Crippen LogP) is 1.24. The van der Waals surface area contributed by atoms with Crippen molar-refractivity contribution in [1.82, 2.24) is 10.2 Å². The largest absolute Gasteiger partial charge is 0.481 e. The van der Waals surface area contributed by atoms with Crippen LogP contribution in [-0.4, -0.2) is 48.3 Å². The summed E-state index contributed by atoms with van der Waals surface area (Å²) in [5.74, 6) is -1.62. The van der Waals surface area contributed by atoms with Crippen LogP contribution in [0.1, 0.15) is 11.1 Å². The number of amides is 2. The highest BCUT2D eigenvalue weighted by Crippen LogP contribution is 2.15. The molecular formula is C15H20N2O4. The van der Waals surface area contributed by atoms with E-state index in [9.17, 15) is 9.59 Å². The van der Waals surface area contributed by atoms with Crippen LogP contribution in [-0.2, 0) is 16.1 Å². The molecule has 2 unspecified atom stereocenters. The summed E-state index contributed by atoms with van der Waals surface area (Å²) in [6.45, 7) is 2.85. The van der Waals surface area contributed by atoms with E-state index in [0.29, 0.717) is 6.54 Å². The second kappa shape index (κ2) is 6.58. The van der Waals surface area contributed by atoms with Crippen LogP contribution >= 0.6 is 0 Å². The number of rotatable bonds is 4. The maximum absolute atomic E-state index is 12.1. The van der Waals surface area contributed by atoms with Crippen molar-refractivity contribution in [2.45, 2.75) is 19.5 Å². The van der Waals surface area contributed by atoms with Crippen molar-refractivity contribution in [2.24, 2.45) is 5.92 Å². The summed E-state index contributed by atoms with van der Waals surface area (Å²) in [4.78, 5) is 24.7. The van der Waals surface area contributed by atoms with E-state index in [4.69, 9.17) is 9.84 Å². The second-order valence-corrected chi connectivity index (χ2v) is 5.32. The van der Waals surface area contributed by atoms with E-state index in [1.807, 2.05) is 31.2 Å². The number of carbonyl (C=O) groups excluding carboxylic acids is 1. The number of aliphatic carboxylic acids is 1. The molecule has 2 rings (SSSR count). The molecule has 0 aromatic heterocycles. The molecule has 1 fully saturated rings. The van der Waals surface area contributed by atoms with Crippen LogP contribution < -0.4 is 5.32 Å². The van der Waals surface area contributed by atoms with Gasteiger partial charge in [0.15, 0.2) is 0 Å². The molecule has 1 heterocycles. The van der Waals surface area contributed by atoms with E-state index in [-0.39, 0.29) is 19.2 Å². The summed E-state index contributed by atoms with van der Waals surface area (Å²) >= 11 is 0. The molecule has 2 atom stereocenters. The molecule has 0 saturated carbocycles. The van der Waals surface area contributed by atoms with Gasteiger partial charge in [0.25, 0.3) is 0 Å². The van der Waals surface area contributed by atoms with E-state index in [1.54, 1.807) is 11.9 Å². The molecule has 6 heteroatoms. The molecule has 0 bridgehead atoms. The number of carbonyl (C=O) groups is 2. The van der Waals surface area contributed by atoms with E-state index in [0.717, 1.165) is 11.1 Å². The Hall–Kier alpha value is -2.08. The van der Waals surface area contributed by atoms with Gasteiger partial charge in [-0.3, -0.25) is 4.79 Å². The third kappa shape index (κ3) is 3.72. The van der Waals surface area contributed by atoms with Gasteiger partial charge in [-0.2, -0.15) is 0 Å². The summed E-state index contributed by atoms with van der Waals surface area (Å²) in [6.07, 6.45) is 0. The Bertz CT molecular complexity index is 532. The van der Waals surface area contributed by atoms with Gasteiger partial charge in [0.2, 0.25) is 0 Å². The molecule has 1 saturated heterocycles. The zero-order valence-electron chi connectivity index (χ0n) is 12.2. The van der Waals surface area contributed by atoms with Crippen LogP contribution in [0.15, 0.2) is 24.3 Å². The van der Waals surface area contributed by atoms with Gasteiger partial charge in [-0.15, -0.1) is 0 Å². The fourth-order valence-corrected chi connectivity index (χ4v) is 2.32. The average molecular weight is 292 g/mol. The van der Waals surface area contributed by atoms with Crippen LogP contribution in [0.25, 0.3) is 0 Å². The summed E-state index contributed by atoms with van der Waals surface area (Å²) in [5, 5.41) is 11.8. The number of nitrogens with zero attached hydrogens (tertiary/aromatic N) is 1. The Morgan fingerprint density at radius 2 is 2.10 bits per heavy atom. The fourth-order valence-electron chi connectivity index (χ4n) is 2.32. The first-order valence-corrected chi connectivity index (χ1v) is 6.85. The number of nitrogens with one attached hydrogen (secondary N) is 1. The first kappa shape index (κ1) is 15.3. The third-order valence-electron chi connectivity index (χ3n) is 3.72. The lowest BCUT2D eigenvalue weighted by atomic mass is 10.0. The number of hydrogen-bond donors (Lipinski definition) is 2. The molecule has 1 aromatic rings. The molecule has 1 aromatic carbocycles. The van der Waals surface area contributed by atoms with E-state index in [2.05, 4.69) is 5.32 Å². The van der Waals surface area contributed by atoms with E-state index >= 15 is 0 Å². The third-order valence-corrected chi connectivity index (χ3v) is 3.72. The quantitative estimate of drug-likeness (QED) is 0.875. The van der Waals surface area contributed by atoms with Gasteiger partial charge in [-0.1, -0.05) is 24.3 Å². The summed E-state index contributed by atoms with van der Waals surface area (Å²) < 4.78 is 5.13. The highest BCUT2D eigenvalue weighted by atomic mass is 16.5. The lowest BCUT2D eigenvalue weighted by Crippen LogP contribution is -2.47. The number of carboxylic acid groups (broad SMARTS) is 1. The zero-order valence-corrected chi connectivity index (χ0v) is 12.2. The second-order valence-electron chi connectivity index (χ2n) is 5.32. The Morgan fingerprint density at radius 3 is 2.76 bits per heavy atom. The lowest BCUT2D eigenvalue weighted by Gasteiger charge is -2.23. The zero-order chi connectivity index (χ0) is 15.4. The predicted molar refractivity (Wildman–Crippen MR) is 76.9 cm³/mol. The van der Waals surface area contributed by atoms with Gasteiger partial charge in [0, 0.05) is 13.6 Å². The van der Waals surface area contributed by atoms with Crippen LogP contribution in [0, 0.1) is 12.8 Å². The van der Waals surface area contributed by atoms with Crippen molar-refractivity contribution in [3.05, 3.63) is 35.4 Å². The van der Waals surface area contributed by atoms with Gasteiger partial charge in [0.05, 0.1) is 19.3 Å². The minimum atomic E-state index is -0.945. The van der Waals surface area contributed by atoms with E-state index < -0.39 is 17.9 Å². The minimum absolute atomic E-state index is 0.141. The van der Waals surface area contributed by atoms with Crippen molar-refractivity contribution in [3.8, 4) is 0 Å². The maximum atomic E-state index is 12.1. The topological polar surface area (TPSA) is 78.9 Å². The maximum Gasteiger partial charge on any atom is 0.317 e. The first-order chi connectivity index (χ1) is 9.99. The Kier molecular flexibility index (Phi) is 4.80. The van der Waals surface area contributed by atoms with Crippen molar-refractivity contribution < 1.29 is 19.4 Å². The Balaban J connectivity index is 1.94. The fraction of sp³-hybridized carbons (Fsp3) is 0.467. The summed E-state index contributed by atoms with van der Waals surface area (Å²) in [7, 11) is 1.69. The summed E-state index contributed by atoms with van der Waals surface area (Å²) in [6, 6.07) is 7.07. The van der Waals surface area contributed by atoms with Crippen molar-refractivity contribution >= 4 is 12.0 Å². The highest BCUT2D eigenvalue weighted by Gasteiger charge is 2.35. The molecular weight excluding hydrogens is 272 g/mol. The monoisotopic (exact) mass is 292 g/mol. The number of carboxylic acids is 1. The minimum Gasteiger partial charge on any atom is -0.481 e. The molecule has 21 heavy (non-hydrogen) atoms. The molecule has 2 N–H and O–H groups in total. The normalized spacial score (nSPS) is 21.0. The van der Waals surface area contributed by atoms with Crippen LogP contribution in [0.3, 0.4) is 0 Å². The smallest absolute Gasteiger partial charge is 0.317 e. The molecule has 1 aliphatic heterocycles. The Morgan fingerprint density at radius 1 is 1.38 bits per heavy atom. The van der Waals surface area contributed by atoms with Crippen LogP contribution in [0.2, 0.25) is 0 Å². The van der Waals surface area contributed by atoms with E-state index in [1.165, 1.54) is 0 Å². The number of aryl methyl sites for hydroxylation is 1. The standard InChI is InChI=1S/C15H20N2O4/c1-10-5-3-4-6-11(10)7-17(2)15(20)16-13-9-21-8-12(13)14(18)19/h3-6,12-13H,7-9H2,1-2H3,(H,16,20)(H,18,19). The van der Waals surface area contributed by atoms with Gasteiger partial charge in [0.1, 0.15) is 5.92 Å². The molecule has 2 amide bonds. The molecule has 0 aliphatic carbocycles. The van der Waals surface area contributed by atoms with Gasteiger partial charge < -0.3 is 20.1 Å². The summed E-state index contributed by atoms with van der Waals surface area (Å²) in [5.41, 5.74) is 2.18. The molecule has 0 radical (unpaired) electrons. The number of benzene rings is 1. The van der Waals surface area contributed by atoms with Gasteiger partial charge in [-0.25, -0.2) is 4.79 Å². The number of hydrogen-bond acceptors (Lipinski definition) is 3.